The SMILES string of the molecule is CN(C)C(=O)C(CNC(=O)C(=O)Nc1ccc(Cl)cn1)NC(=O)CCC1CCNCC1. The van der Waals surface area contributed by atoms with E-state index in [1.54, 1.807) is 14.1 Å². The monoisotopic (exact) mass is 452 g/mol. The van der Waals surface area contributed by atoms with E-state index < -0.39 is 17.9 Å². The van der Waals surface area contributed by atoms with Gasteiger partial charge in [0.05, 0.1) is 5.02 Å². The Morgan fingerprint density at radius 3 is 2.52 bits per heavy atom. The highest BCUT2D eigenvalue weighted by atomic mass is 35.5. The number of nitrogens with zero attached hydrogens (tertiary/aromatic N) is 2. The number of piperidine rings is 1. The van der Waals surface area contributed by atoms with Crippen LogP contribution in [0.3, 0.4) is 0 Å². The number of likely N-dealkylation sites (N-methyl/N-ethyl adjacent to an activating group) is 1. The molecule has 1 aromatic heterocycles. The summed E-state index contributed by atoms with van der Waals surface area (Å²) >= 11 is 5.73. The fourth-order valence-electron chi connectivity index (χ4n) is 3.18. The number of aromatic nitrogens is 1. The Morgan fingerprint density at radius 1 is 1.19 bits per heavy atom. The smallest absolute Gasteiger partial charge is 0.314 e. The van der Waals surface area contributed by atoms with Crippen molar-refractivity contribution in [3.8, 4) is 0 Å². The van der Waals surface area contributed by atoms with Gasteiger partial charge in [0, 0.05) is 33.3 Å². The zero-order chi connectivity index (χ0) is 22.8. The summed E-state index contributed by atoms with van der Waals surface area (Å²) < 4.78 is 0. The third kappa shape index (κ3) is 8.50. The lowest BCUT2D eigenvalue weighted by Crippen LogP contribution is -2.53. The topological polar surface area (TPSA) is 133 Å². The van der Waals surface area contributed by atoms with E-state index in [2.05, 4.69) is 26.3 Å². The van der Waals surface area contributed by atoms with Crippen LogP contribution in [-0.2, 0) is 19.2 Å². The maximum atomic E-state index is 12.4. The van der Waals surface area contributed by atoms with Crippen LogP contribution in [0.25, 0.3) is 0 Å². The highest BCUT2D eigenvalue weighted by Crippen LogP contribution is 2.17. The summed E-state index contributed by atoms with van der Waals surface area (Å²) in [6, 6.07) is 2.00. The van der Waals surface area contributed by atoms with Crippen LogP contribution in [0.4, 0.5) is 5.82 Å². The summed E-state index contributed by atoms with van der Waals surface area (Å²) in [5.41, 5.74) is 0. The van der Waals surface area contributed by atoms with Crippen molar-refractivity contribution in [2.24, 2.45) is 5.92 Å². The van der Waals surface area contributed by atoms with Gasteiger partial charge in [0.2, 0.25) is 11.8 Å². The second kappa shape index (κ2) is 12.2. The Labute approximate surface area is 186 Å². The third-order valence-corrected chi connectivity index (χ3v) is 5.18. The number of carbonyl (C=O) groups is 4. The summed E-state index contributed by atoms with van der Waals surface area (Å²) in [7, 11) is 3.11. The van der Waals surface area contributed by atoms with Gasteiger partial charge in [-0.2, -0.15) is 0 Å². The predicted octanol–water partition coefficient (Wildman–Crippen LogP) is 0.143. The number of carbonyl (C=O) groups excluding carboxylic acids is 4. The summed E-state index contributed by atoms with van der Waals surface area (Å²) in [5.74, 6) is -1.88. The molecule has 1 aromatic rings. The van der Waals surface area contributed by atoms with Gasteiger partial charge in [-0.25, -0.2) is 4.98 Å². The molecule has 1 atom stereocenters. The molecule has 0 radical (unpaired) electrons. The lowest BCUT2D eigenvalue weighted by atomic mass is 9.93. The van der Waals surface area contributed by atoms with Crippen LogP contribution in [0.15, 0.2) is 18.3 Å². The molecule has 1 saturated heterocycles. The molecule has 4 N–H and O–H groups in total. The largest absolute Gasteiger partial charge is 0.347 e. The molecule has 1 fully saturated rings. The molecule has 0 bridgehead atoms. The van der Waals surface area contributed by atoms with E-state index in [1.165, 1.54) is 23.2 Å². The fraction of sp³-hybridized carbons (Fsp3) is 0.550. The molecule has 10 nitrogen and oxygen atoms in total. The molecule has 1 unspecified atom stereocenters. The number of amides is 4. The molecule has 170 valence electrons. The van der Waals surface area contributed by atoms with Crippen molar-refractivity contribution in [3.63, 3.8) is 0 Å². The second-order valence-corrected chi connectivity index (χ2v) is 8.05. The Hall–Kier alpha value is -2.72. The van der Waals surface area contributed by atoms with E-state index in [0.717, 1.165) is 32.4 Å². The first-order chi connectivity index (χ1) is 14.8. The fourth-order valence-corrected chi connectivity index (χ4v) is 3.29. The molecule has 11 heteroatoms. The molecule has 1 aliphatic rings. The van der Waals surface area contributed by atoms with E-state index in [0.29, 0.717) is 17.4 Å². The van der Waals surface area contributed by atoms with E-state index >= 15 is 0 Å². The molecule has 4 amide bonds. The van der Waals surface area contributed by atoms with Crippen molar-refractivity contribution < 1.29 is 19.2 Å². The molecule has 2 heterocycles. The quantitative estimate of drug-likeness (QED) is 0.415. The third-order valence-electron chi connectivity index (χ3n) is 4.95. The zero-order valence-corrected chi connectivity index (χ0v) is 18.5. The molecule has 0 spiro atoms. The number of pyridine rings is 1. The van der Waals surface area contributed by atoms with Gasteiger partial charge in [-0.15, -0.1) is 0 Å². The van der Waals surface area contributed by atoms with Gasteiger partial charge in [0.1, 0.15) is 11.9 Å². The number of anilines is 1. The summed E-state index contributed by atoms with van der Waals surface area (Å²) in [6.45, 7) is 1.69. The van der Waals surface area contributed by atoms with Gasteiger partial charge in [-0.05, 0) is 50.4 Å². The van der Waals surface area contributed by atoms with Gasteiger partial charge in [0.25, 0.3) is 0 Å². The summed E-state index contributed by atoms with van der Waals surface area (Å²) in [5, 5.41) is 11.1. The highest BCUT2D eigenvalue weighted by molar-refractivity contribution is 6.39. The maximum absolute atomic E-state index is 12.4. The summed E-state index contributed by atoms with van der Waals surface area (Å²) in [6.07, 6.45) is 4.44. The van der Waals surface area contributed by atoms with Crippen LogP contribution in [-0.4, -0.2) is 73.3 Å². The Bertz CT molecular complexity index is 780. The van der Waals surface area contributed by atoms with E-state index in [-0.39, 0.29) is 24.2 Å². The molecule has 0 aliphatic carbocycles. The number of nitrogens with one attached hydrogen (secondary N) is 4. The Kier molecular flexibility index (Phi) is 9.67. The predicted molar refractivity (Wildman–Crippen MR) is 116 cm³/mol. The van der Waals surface area contributed by atoms with Gasteiger partial charge in [0.15, 0.2) is 0 Å². The molecular weight excluding hydrogens is 424 g/mol. The molecule has 0 saturated carbocycles. The molecular formula is C20H29ClN6O4. The maximum Gasteiger partial charge on any atom is 0.314 e. The Balaban J connectivity index is 1.85. The molecule has 1 aliphatic heterocycles. The highest BCUT2D eigenvalue weighted by Gasteiger charge is 2.25. The standard InChI is InChI=1S/C20H29ClN6O4/c1-27(2)20(31)15(25-17(28)6-3-13-7-9-22-10-8-13)12-24-18(29)19(30)26-16-5-4-14(21)11-23-16/h4-5,11,13,15,22H,3,6-10,12H2,1-2H3,(H,24,29)(H,25,28)(H,23,26,30). The van der Waals surface area contributed by atoms with Crippen molar-refractivity contribution in [2.45, 2.75) is 31.7 Å². The zero-order valence-electron chi connectivity index (χ0n) is 17.7. The number of rotatable bonds is 8. The van der Waals surface area contributed by atoms with Crippen molar-refractivity contribution in [2.75, 3.05) is 39.0 Å². The first-order valence-corrected chi connectivity index (χ1v) is 10.6. The van der Waals surface area contributed by atoms with Crippen molar-refractivity contribution in [1.82, 2.24) is 25.8 Å². The molecule has 0 aromatic carbocycles. The van der Waals surface area contributed by atoms with Crippen LogP contribution < -0.4 is 21.3 Å². The molecule has 31 heavy (non-hydrogen) atoms. The first-order valence-electron chi connectivity index (χ1n) is 10.2. The second-order valence-electron chi connectivity index (χ2n) is 7.61. The average Bonchev–Trinajstić information content (AvgIpc) is 2.76. The van der Waals surface area contributed by atoms with Gasteiger partial charge >= 0.3 is 11.8 Å². The van der Waals surface area contributed by atoms with E-state index in [4.69, 9.17) is 11.6 Å². The molecule has 2 rings (SSSR count). The Morgan fingerprint density at radius 2 is 1.90 bits per heavy atom. The van der Waals surface area contributed by atoms with E-state index in [1.807, 2.05) is 0 Å². The van der Waals surface area contributed by atoms with Crippen LogP contribution in [0.5, 0.6) is 0 Å². The minimum atomic E-state index is -0.971. The minimum Gasteiger partial charge on any atom is -0.347 e. The summed E-state index contributed by atoms with van der Waals surface area (Å²) in [4.78, 5) is 54.1. The number of hydrogen-bond acceptors (Lipinski definition) is 6. The lowest BCUT2D eigenvalue weighted by Gasteiger charge is -2.24. The van der Waals surface area contributed by atoms with Crippen LogP contribution in [0.2, 0.25) is 5.02 Å². The van der Waals surface area contributed by atoms with Crippen LogP contribution >= 0.6 is 11.6 Å². The van der Waals surface area contributed by atoms with Crippen molar-refractivity contribution in [1.29, 1.82) is 0 Å². The van der Waals surface area contributed by atoms with Crippen molar-refractivity contribution >= 4 is 41.0 Å². The normalized spacial score (nSPS) is 14.9. The lowest BCUT2D eigenvalue weighted by molar-refractivity contribution is -0.137. The average molecular weight is 453 g/mol. The van der Waals surface area contributed by atoms with Crippen LogP contribution in [0.1, 0.15) is 25.7 Å². The van der Waals surface area contributed by atoms with Gasteiger partial charge < -0.3 is 26.2 Å². The van der Waals surface area contributed by atoms with Crippen molar-refractivity contribution in [3.05, 3.63) is 23.4 Å². The number of hydrogen-bond donors (Lipinski definition) is 4. The van der Waals surface area contributed by atoms with E-state index in [9.17, 15) is 19.2 Å². The van der Waals surface area contributed by atoms with Gasteiger partial charge in [-0.1, -0.05) is 11.6 Å². The minimum absolute atomic E-state index is 0.164. The number of halogens is 1. The first kappa shape index (κ1) is 24.5. The van der Waals surface area contributed by atoms with Crippen LogP contribution in [0, 0.1) is 5.92 Å². The van der Waals surface area contributed by atoms with Gasteiger partial charge in [-0.3, -0.25) is 19.2 Å².